The fraction of sp³-hybridized carbons (Fsp3) is 0.143. The van der Waals surface area contributed by atoms with Crippen LogP contribution >= 0.6 is 0 Å². The Morgan fingerprint density at radius 2 is 1.82 bits per heavy atom. The summed E-state index contributed by atoms with van der Waals surface area (Å²) in [5.41, 5.74) is 1.90. The molecule has 1 aromatic carbocycles. The molecule has 0 unspecified atom stereocenters. The van der Waals surface area contributed by atoms with E-state index in [0.717, 1.165) is 5.56 Å². The molecule has 8 nitrogen and oxygen atoms in total. The highest BCUT2D eigenvalue weighted by atomic mass is 16.3. The SMILES string of the molecule is C/C(=N/NC(=O)c1ccc(C)cc1)c1c(O)[nH]c(=O)[nH]c1=O. The molecular weight excluding hydrogens is 288 g/mol. The highest BCUT2D eigenvalue weighted by Crippen LogP contribution is 2.06. The molecule has 0 saturated heterocycles. The molecule has 0 aliphatic carbocycles. The van der Waals surface area contributed by atoms with E-state index in [0.29, 0.717) is 5.56 Å². The molecule has 4 N–H and O–H groups in total. The van der Waals surface area contributed by atoms with Gasteiger partial charge in [-0.25, -0.2) is 10.2 Å². The van der Waals surface area contributed by atoms with Crippen LogP contribution in [0, 0.1) is 6.92 Å². The second-order valence-corrected chi connectivity index (χ2v) is 4.64. The van der Waals surface area contributed by atoms with Crippen LogP contribution in [0.4, 0.5) is 0 Å². The maximum absolute atomic E-state index is 11.9. The Hall–Kier alpha value is -3.16. The van der Waals surface area contributed by atoms with Gasteiger partial charge >= 0.3 is 5.69 Å². The normalized spacial score (nSPS) is 11.3. The number of hydrogen-bond acceptors (Lipinski definition) is 5. The van der Waals surface area contributed by atoms with Crippen molar-refractivity contribution >= 4 is 11.6 Å². The van der Waals surface area contributed by atoms with Gasteiger partial charge in [-0.15, -0.1) is 0 Å². The number of hydrazone groups is 1. The van der Waals surface area contributed by atoms with Gasteiger partial charge in [-0.1, -0.05) is 17.7 Å². The summed E-state index contributed by atoms with van der Waals surface area (Å²) < 4.78 is 0. The van der Waals surface area contributed by atoms with Gasteiger partial charge in [0.2, 0.25) is 5.88 Å². The molecule has 1 aromatic heterocycles. The van der Waals surface area contributed by atoms with Gasteiger partial charge in [0.25, 0.3) is 11.5 Å². The van der Waals surface area contributed by atoms with Gasteiger partial charge in [0.15, 0.2) is 0 Å². The lowest BCUT2D eigenvalue weighted by Gasteiger charge is -2.04. The van der Waals surface area contributed by atoms with E-state index in [1.807, 2.05) is 16.9 Å². The molecule has 2 rings (SSSR count). The fourth-order valence-corrected chi connectivity index (χ4v) is 1.77. The molecule has 0 fully saturated rings. The van der Waals surface area contributed by atoms with Gasteiger partial charge in [-0.05, 0) is 26.0 Å². The average molecular weight is 302 g/mol. The number of amides is 1. The Bertz CT molecular complexity index is 846. The number of aromatic nitrogens is 2. The summed E-state index contributed by atoms with van der Waals surface area (Å²) in [4.78, 5) is 38.5. The Kier molecular flexibility index (Phi) is 4.21. The number of hydrogen-bond donors (Lipinski definition) is 4. The number of carbonyl (C=O) groups is 1. The Balaban J connectivity index is 2.23. The smallest absolute Gasteiger partial charge is 0.328 e. The Morgan fingerprint density at radius 3 is 2.41 bits per heavy atom. The number of nitrogens with zero attached hydrogens (tertiary/aromatic N) is 1. The van der Waals surface area contributed by atoms with Crippen molar-refractivity contribution in [3.63, 3.8) is 0 Å². The summed E-state index contributed by atoms with van der Waals surface area (Å²) in [6, 6.07) is 6.84. The number of benzene rings is 1. The van der Waals surface area contributed by atoms with Crippen LogP contribution in [0.2, 0.25) is 0 Å². The number of aryl methyl sites for hydroxylation is 1. The van der Waals surface area contributed by atoms with E-state index in [1.165, 1.54) is 6.92 Å². The van der Waals surface area contributed by atoms with Crippen LogP contribution in [0.15, 0.2) is 39.0 Å². The lowest BCUT2D eigenvalue weighted by atomic mass is 10.1. The van der Waals surface area contributed by atoms with Crippen LogP contribution < -0.4 is 16.7 Å². The molecule has 0 bridgehead atoms. The lowest BCUT2D eigenvalue weighted by Crippen LogP contribution is -2.28. The van der Waals surface area contributed by atoms with Gasteiger partial charge in [0.05, 0.1) is 5.71 Å². The van der Waals surface area contributed by atoms with Crippen molar-refractivity contribution in [2.24, 2.45) is 5.10 Å². The molecule has 8 heteroatoms. The van der Waals surface area contributed by atoms with E-state index in [2.05, 4.69) is 10.5 Å². The predicted octanol–water partition coefficient (Wildman–Crippen LogP) is 0.231. The van der Waals surface area contributed by atoms with Crippen molar-refractivity contribution in [3.8, 4) is 5.88 Å². The van der Waals surface area contributed by atoms with E-state index >= 15 is 0 Å². The first-order chi connectivity index (χ1) is 10.4. The van der Waals surface area contributed by atoms with Gasteiger partial charge in [-0.2, -0.15) is 5.10 Å². The monoisotopic (exact) mass is 302 g/mol. The highest BCUT2D eigenvalue weighted by Gasteiger charge is 2.12. The third-order valence-corrected chi connectivity index (χ3v) is 2.92. The molecule has 0 radical (unpaired) electrons. The number of aromatic amines is 2. The van der Waals surface area contributed by atoms with Gasteiger partial charge in [0, 0.05) is 5.56 Å². The quantitative estimate of drug-likeness (QED) is 0.478. The number of aromatic hydroxyl groups is 1. The largest absolute Gasteiger partial charge is 0.494 e. The summed E-state index contributed by atoms with van der Waals surface area (Å²) in [5.74, 6) is -1.07. The molecule has 0 spiro atoms. The lowest BCUT2D eigenvalue weighted by molar-refractivity contribution is 0.0955. The van der Waals surface area contributed by atoms with Gasteiger partial charge in [0.1, 0.15) is 5.56 Å². The van der Waals surface area contributed by atoms with Crippen molar-refractivity contribution in [3.05, 3.63) is 61.8 Å². The molecule has 22 heavy (non-hydrogen) atoms. The Morgan fingerprint density at radius 1 is 1.18 bits per heavy atom. The summed E-state index contributed by atoms with van der Waals surface area (Å²) in [6.07, 6.45) is 0. The fourth-order valence-electron chi connectivity index (χ4n) is 1.77. The third kappa shape index (κ3) is 3.29. The summed E-state index contributed by atoms with van der Waals surface area (Å²) in [5, 5.41) is 13.3. The zero-order valence-electron chi connectivity index (χ0n) is 11.9. The van der Waals surface area contributed by atoms with Crippen LogP contribution in [0.1, 0.15) is 28.4 Å². The molecule has 2 aromatic rings. The van der Waals surface area contributed by atoms with E-state index in [9.17, 15) is 19.5 Å². The minimum Gasteiger partial charge on any atom is -0.494 e. The average Bonchev–Trinajstić information content (AvgIpc) is 2.44. The summed E-state index contributed by atoms with van der Waals surface area (Å²) in [6.45, 7) is 3.31. The summed E-state index contributed by atoms with van der Waals surface area (Å²) in [7, 11) is 0. The maximum Gasteiger partial charge on any atom is 0.328 e. The van der Waals surface area contributed by atoms with E-state index in [1.54, 1.807) is 24.3 Å². The van der Waals surface area contributed by atoms with Crippen molar-refractivity contribution < 1.29 is 9.90 Å². The number of H-pyrrole nitrogens is 2. The molecular formula is C14H14N4O4. The molecule has 1 amide bonds. The second kappa shape index (κ2) is 6.08. The standard InChI is InChI=1S/C14H14N4O4/c1-7-3-5-9(6-4-7)11(19)18-17-8(2)10-12(20)15-14(22)16-13(10)21/h3-6H,1-2H3,(H,18,19)(H3,15,16,20,21,22)/b17-8-. The van der Waals surface area contributed by atoms with Crippen LogP contribution in [0.5, 0.6) is 5.88 Å². The van der Waals surface area contributed by atoms with E-state index in [-0.39, 0.29) is 11.3 Å². The third-order valence-electron chi connectivity index (χ3n) is 2.92. The molecule has 0 saturated carbocycles. The first-order valence-corrected chi connectivity index (χ1v) is 6.35. The van der Waals surface area contributed by atoms with Crippen LogP contribution in [-0.4, -0.2) is 26.7 Å². The number of rotatable bonds is 3. The molecule has 0 aliphatic heterocycles. The van der Waals surface area contributed by atoms with E-state index < -0.39 is 23.0 Å². The first kappa shape index (κ1) is 15.2. The van der Waals surface area contributed by atoms with Crippen LogP contribution in [0.25, 0.3) is 0 Å². The van der Waals surface area contributed by atoms with Crippen LogP contribution in [-0.2, 0) is 0 Å². The minimum absolute atomic E-state index is 0.0514. The van der Waals surface area contributed by atoms with Crippen molar-refractivity contribution in [2.45, 2.75) is 13.8 Å². The summed E-state index contributed by atoms with van der Waals surface area (Å²) >= 11 is 0. The molecule has 1 heterocycles. The zero-order valence-corrected chi connectivity index (χ0v) is 11.9. The zero-order chi connectivity index (χ0) is 16.3. The number of nitrogens with one attached hydrogen (secondary N) is 3. The van der Waals surface area contributed by atoms with Gasteiger partial charge in [-0.3, -0.25) is 19.6 Å². The molecule has 0 atom stereocenters. The van der Waals surface area contributed by atoms with Crippen molar-refractivity contribution in [1.29, 1.82) is 0 Å². The molecule has 114 valence electrons. The molecule has 0 aliphatic rings. The maximum atomic E-state index is 11.9. The predicted molar refractivity (Wildman–Crippen MR) is 80.2 cm³/mol. The van der Waals surface area contributed by atoms with Gasteiger partial charge < -0.3 is 5.11 Å². The van der Waals surface area contributed by atoms with E-state index in [4.69, 9.17) is 0 Å². The first-order valence-electron chi connectivity index (χ1n) is 6.35. The second-order valence-electron chi connectivity index (χ2n) is 4.64. The Labute approximate surface area is 124 Å². The minimum atomic E-state index is -0.831. The topological polar surface area (TPSA) is 127 Å². The number of carbonyl (C=O) groups excluding carboxylic acids is 1. The van der Waals surface area contributed by atoms with Crippen molar-refractivity contribution in [1.82, 2.24) is 15.4 Å². The van der Waals surface area contributed by atoms with Crippen LogP contribution in [0.3, 0.4) is 0 Å². The van der Waals surface area contributed by atoms with Crippen molar-refractivity contribution in [2.75, 3.05) is 0 Å². The highest BCUT2D eigenvalue weighted by molar-refractivity contribution is 6.01.